The molecule has 1 aromatic heterocycles. The average Bonchev–Trinajstić information content (AvgIpc) is 2.84. The summed E-state index contributed by atoms with van der Waals surface area (Å²) in [7, 11) is 1.60. The molecule has 0 saturated heterocycles. The fourth-order valence-corrected chi connectivity index (χ4v) is 3.65. The molecule has 0 radical (unpaired) electrons. The van der Waals surface area contributed by atoms with Crippen LogP contribution in [0, 0.1) is 0 Å². The molecule has 2 N–H and O–H groups in total. The molecule has 1 amide bonds. The van der Waals surface area contributed by atoms with Crippen molar-refractivity contribution in [2.75, 3.05) is 7.11 Å². The van der Waals surface area contributed by atoms with Crippen LogP contribution in [0.4, 0.5) is 0 Å². The molecule has 4 rings (SSSR count). The minimum absolute atomic E-state index is 0.0354. The molecule has 0 aliphatic rings. The Bertz CT molecular complexity index is 1340. The maximum absolute atomic E-state index is 12.8. The highest BCUT2D eigenvalue weighted by atomic mass is 16.5. The summed E-state index contributed by atoms with van der Waals surface area (Å²) in [6.45, 7) is 0.0643. The highest BCUT2D eigenvalue weighted by Crippen LogP contribution is 2.24. The number of aromatic nitrogens is 2. The van der Waals surface area contributed by atoms with Crippen molar-refractivity contribution in [2.24, 2.45) is 0 Å². The van der Waals surface area contributed by atoms with E-state index in [-0.39, 0.29) is 36.0 Å². The summed E-state index contributed by atoms with van der Waals surface area (Å²) in [4.78, 5) is 37.8. The van der Waals surface area contributed by atoms with Crippen molar-refractivity contribution in [3.05, 3.63) is 111 Å². The molecule has 1 heterocycles. The zero-order valence-electron chi connectivity index (χ0n) is 17.6. The number of hydrogen-bond acceptors (Lipinski definition) is 4. The van der Waals surface area contributed by atoms with Gasteiger partial charge in [0.1, 0.15) is 5.75 Å². The van der Waals surface area contributed by atoms with Crippen LogP contribution < -0.4 is 21.2 Å². The van der Waals surface area contributed by atoms with Gasteiger partial charge in [-0.2, -0.15) is 0 Å². The van der Waals surface area contributed by atoms with E-state index in [0.717, 1.165) is 16.9 Å². The molecule has 0 fully saturated rings. The lowest BCUT2D eigenvalue weighted by Crippen LogP contribution is -2.34. The number of aryl methyl sites for hydroxylation is 1. The summed E-state index contributed by atoms with van der Waals surface area (Å²) in [5.74, 6) is 0.488. The Morgan fingerprint density at radius 2 is 1.53 bits per heavy atom. The van der Waals surface area contributed by atoms with Gasteiger partial charge in [-0.15, -0.1) is 0 Å². The second kappa shape index (κ2) is 9.34. The van der Waals surface area contributed by atoms with Gasteiger partial charge in [0.25, 0.3) is 11.1 Å². The third-order valence-corrected chi connectivity index (χ3v) is 5.33. The highest BCUT2D eigenvalue weighted by Gasteiger charge is 2.17. The van der Waals surface area contributed by atoms with E-state index < -0.39 is 0 Å². The number of carbonyl (C=O) groups is 1. The summed E-state index contributed by atoms with van der Waals surface area (Å²) >= 11 is 0. The Morgan fingerprint density at radius 3 is 2.22 bits per heavy atom. The standard InChI is InChI=1S/C25H23N3O4/c1-32-19-13-11-18(12-14-19)23(17-7-3-2-4-8-17)26-22(29)15-16-28-25(31)21-10-6-5-9-20(21)24(30)27-28/h2-14,23H,15-16H2,1H3,(H,26,29)(H,27,30)/t23-/m0/s1. The van der Waals surface area contributed by atoms with Gasteiger partial charge in [-0.25, -0.2) is 4.68 Å². The zero-order valence-corrected chi connectivity index (χ0v) is 17.6. The van der Waals surface area contributed by atoms with Crippen LogP contribution >= 0.6 is 0 Å². The number of benzene rings is 3. The molecule has 0 bridgehead atoms. The van der Waals surface area contributed by atoms with Gasteiger partial charge in [-0.3, -0.25) is 19.5 Å². The first-order chi connectivity index (χ1) is 15.6. The first kappa shape index (κ1) is 21.1. The summed E-state index contributed by atoms with van der Waals surface area (Å²) in [6, 6.07) is 23.4. The summed E-state index contributed by atoms with van der Waals surface area (Å²) < 4.78 is 6.42. The number of hydrogen-bond donors (Lipinski definition) is 2. The van der Waals surface area contributed by atoms with Gasteiger partial charge in [-0.1, -0.05) is 54.6 Å². The van der Waals surface area contributed by atoms with E-state index in [1.807, 2.05) is 54.6 Å². The van der Waals surface area contributed by atoms with E-state index >= 15 is 0 Å². The van der Waals surface area contributed by atoms with E-state index in [0.29, 0.717) is 10.8 Å². The molecule has 32 heavy (non-hydrogen) atoms. The molecule has 0 unspecified atom stereocenters. The summed E-state index contributed by atoms with van der Waals surface area (Å²) in [5, 5.41) is 6.27. The molecule has 0 saturated carbocycles. The minimum Gasteiger partial charge on any atom is -0.497 e. The number of carbonyl (C=O) groups excluding carboxylic acids is 1. The van der Waals surface area contributed by atoms with E-state index in [1.54, 1.807) is 31.4 Å². The minimum atomic E-state index is -0.360. The van der Waals surface area contributed by atoms with Gasteiger partial charge < -0.3 is 10.1 Å². The molecule has 162 valence electrons. The summed E-state index contributed by atoms with van der Waals surface area (Å²) in [5.41, 5.74) is 1.15. The second-order valence-corrected chi connectivity index (χ2v) is 7.38. The molecule has 1 atom stereocenters. The number of nitrogens with one attached hydrogen (secondary N) is 2. The van der Waals surface area contributed by atoms with Gasteiger partial charge in [0.2, 0.25) is 5.91 Å². The van der Waals surface area contributed by atoms with Crippen LogP contribution in [0.2, 0.25) is 0 Å². The van der Waals surface area contributed by atoms with Crippen LogP contribution in [0.5, 0.6) is 5.75 Å². The van der Waals surface area contributed by atoms with E-state index in [4.69, 9.17) is 4.74 Å². The van der Waals surface area contributed by atoms with Crippen molar-refractivity contribution < 1.29 is 9.53 Å². The SMILES string of the molecule is COc1ccc([C@@H](NC(=O)CCn2[nH]c(=O)c3ccccc3c2=O)c2ccccc2)cc1. The highest BCUT2D eigenvalue weighted by molar-refractivity contribution is 5.80. The number of nitrogens with zero attached hydrogens (tertiary/aromatic N) is 1. The van der Waals surface area contributed by atoms with Gasteiger partial charge in [0.05, 0.1) is 30.5 Å². The number of aromatic amines is 1. The molecule has 3 aromatic carbocycles. The number of ether oxygens (including phenoxy) is 1. The van der Waals surface area contributed by atoms with Crippen molar-refractivity contribution >= 4 is 16.7 Å². The Morgan fingerprint density at radius 1 is 0.906 bits per heavy atom. The number of methoxy groups -OCH3 is 1. The lowest BCUT2D eigenvalue weighted by atomic mass is 9.98. The normalized spacial score (nSPS) is 11.8. The third kappa shape index (κ3) is 4.46. The third-order valence-electron chi connectivity index (χ3n) is 5.33. The van der Waals surface area contributed by atoms with Gasteiger partial charge in [0.15, 0.2) is 0 Å². The molecule has 4 aromatic rings. The Hall–Kier alpha value is -4.13. The van der Waals surface area contributed by atoms with Gasteiger partial charge in [-0.05, 0) is 35.4 Å². The molecular formula is C25H23N3O4. The van der Waals surface area contributed by atoms with E-state index in [9.17, 15) is 14.4 Å². The number of rotatable bonds is 7. The van der Waals surface area contributed by atoms with E-state index in [2.05, 4.69) is 10.4 Å². The second-order valence-electron chi connectivity index (χ2n) is 7.38. The largest absolute Gasteiger partial charge is 0.497 e. The maximum atomic E-state index is 12.8. The van der Waals surface area contributed by atoms with E-state index in [1.165, 1.54) is 4.68 Å². The molecule has 7 heteroatoms. The zero-order chi connectivity index (χ0) is 22.5. The first-order valence-corrected chi connectivity index (χ1v) is 10.3. The summed E-state index contributed by atoms with van der Waals surface area (Å²) in [6.07, 6.45) is 0.0354. The number of amides is 1. The van der Waals surface area contributed by atoms with Crippen molar-refractivity contribution in [2.45, 2.75) is 19.0 Å². The fraction of sp³-hybridized carbons (Fsp3) is 0.160. The molecule has 0 spiro atoms. The first-order valence-electron chi connectivity index (χ1n) is 10.3. The lowest BCUT2D eigenvalue weighted by Gasteiger charge is -2.20. The van der Waals surface area contributed by atoms with Crippen LogP contribution in [0.1, 0.15) is 23.6 Å². The van der Waals surface area contributed by atoms with Gasteiger partial charge in [0, 0.05) is 6.42 Å². The van der Waals surface area contributed by atoms with Crippen molar-refractivity contribution in [3.63, 3.8) is 0 Å². The smallest absolute Gasteiger partial charge is 0.273 e. The molecule has 7 nitrogen and oxygen atoms in total. The fourth-order valence-electron chi connectivity index (χ4n) is 3.65. The van der Waals surface area contributed by atoms with Crippen molar-refractivity contribution in [3.8, 4) is 5.75 Å². The predicted molar refractivity (Wildman–Crippen MR) is 123 cm³/mol. The van der Waals surface area contributed by atoms with Crippen LogP contribution in [0.15, 0.2) is 88.5 Å². The van der Waals surface area contributed by atoms with Crippen LogP contribution in [0.25, 0.3) is 10.8 Å². The van der Waals surface area contributed by atoms with Crippen molar-refractivity contribution in [1.29, 1.82) is 0 Å². The van der Waals surface area contributed by atoms with Crippen LogP contribution in [0.3, 0.4) is 0 Å². The van der Waals surface area contributed by atoms with Crippen LogP contribution in [-0.2, 0) is 11.3 Å². The number of fused-ring (bicyclic) bond motifs is 1. The Labute approximate surface area is 184 Å². The van der Waals surface area contributed by atoms with Crippen molar-refractivity contribution in [1.82, 2.24) is 15.1 Å². The van der Waals surface area contributed by atoms with Crippen LogP contribution in [-0.4, -0.2) is 22.8 Å². The lowest BCUT2D eigenvalue weighted by molar-refractivity contribution is -0.121. The average molecular weight is 429 g/mol. The Kier molecular flexibility index (Phi) is 6.17. The molecular weight excluding hydrogens is 406 g/mol. The molecule has 0 aliphatic carbocycles. The molecule has 0 aliphatic heterocycles. The predicted octanol–water partition coefficient (Wildman–Crippen LogP) is 2.99. The monoisotopic (exact) mass is 429 g/mol. The van der Waals surface area contributed by atoms with Gasteiger partial charge >= 0.3 is 0 Å². The topological polar surface area (TPSA) is 93.2 Å². The maximum Gasteiger partial charge on any atom is 0.273 e. The Balaban J connectivity index is 1.54. The quantitative estimate of drug-likeness (QED) is 0.472. The number of H-pyrrole nitrogens is 1.